The largest absolute Gasteiger partial charge is 0.480 e. The van der Waals surface area contributed by atoms with Gasteiger partial charge in [0.15, 0.2) is 5.96 Å². The number of guanidine groups is 1. The fourth-order valence-electron chi connectivity index (χ4n) is 4.86. The highest BCUT2D eigenvalue weighted by Crippen LogP contribution is 2.38. The normalized spacial score (nSPS) is 17.0. The zero-order valence-electron chi connectivity index (χ0n) is 21.3. The third-order valence-corrected chi connectivity index (χ3v) is 6.92. The molecule has 3 heterocycles. The van der Waals surface area contributed by atoms with Gasteiger partial charge in [0, 0.05) is 42.8 Å². The van der Waals surface area contributed by atoms with Gasteiger partial charge >= 0.3 is 11.9 Å². The van der Waals surface area contributed by atoms with Gasteiger partial charge in [-0.1, -0.05) is 14.9 Å². The molecule has 12 nitrogen and oxygen atoms in total. The third kappa shape index (κ3) is 7.69. The Morgan fingerprint density at radius 2 is 1.80 bits per heavy atom. The van der Waals surface area contributed by atoms with E-state index in [1.54, 1.807) is 4.57 Å². The van der Waals surface area contributed by atoms with Crippen molar-refractivity contribution in [3.05, 3.63) is 39.4 Å². The van der Waals surface area contributed by atoms with E-state index in [2.05, 4.69) is 4.99 Å². The molecule has 0 spiro atoms. The van der Waals surface area contributed by atoms with Crippen LogP contribution in [-0.4, -0.2) is 69.6 Å². The molecule has 4 rings (SSSR count). The Hall–Kier alpha value is -3.71. The maximum Gasteiger partial charge on any atom is 0.341 e. The number of halogens is 1. The monoisotopic (exact) mass is 566 g/mol. The van der Waals surface area contributed by atoms with E-state index in [1.807, 2.05) is 11.8 Å². The number of benzene rings is 1. The number of aliphatic carboxylic acids is 1. The zero-order valence-corrected chi connectivity index (χ0v) is 21.3. The zero-order chi connectivity index (χ0) is 28.1. The quantitative estimate of drug-likeness (QED) is 0.163. The van der Waals surface area contributed by atoms with Crippen molar-refractivity contribution in [1.82, 2.24) is 4.57 Å². The lowest BCUT2D eigenvalue weighted by Gasteiger charge is -2.36. The number of piperidine rings is 1. The number of aromatic carboxylic acids is 1. The number of carbonyl (C=O) groups is 2. The van der Waals surface area contributed by atoms with Crippen molar-refractivity contribution in [2.24, 2.45) is 22.2 Å². The Morgan fingerprint density at radius 1 is 1.18 bits per heavy atom. The van der Waals surface area contributed by atoms with E-state index in [0.29, 0.717) is 62.9 Å². The van der Waals surface area contributed by atoms with Gasteiger partial charge in [-0.2, -0.15) is 0 Å². The summed E-state index contributed by atoms with van der Waals surface area (Å²) < 4.78 is 16.8. The summed E-state index contributed by atoms with van der Waals surface area (Å²) in [5.41, 5.74) is 16.3. The average Bonchev–Trinajstić information content (AvgIpc) is 2.85. The van der Waals surface area contributed by atoms with Gasteiger partial charge in [0.05, 0.1) is 17.3 Å². The van der Waals surface area contributed by atoms with Gasteiger partial charge in [-0.25, -0.2) is 9.18 Å². The molecule has 2 aliphatic rings. The van der Waals surface area contributed by atoms with Crippen molar-refractivity contribution >= 4 is 34.5 Å². The Labute approximate surface area is 233 Å². The number of aliphatic hydroxyl groups is 1. The van der Waals surface area contributed by atoms with E-state index in [9.17, 15) is 24.6 Å². The molecular weight excluding hydrogens is 523 g/mol. The SMILES string of the molecule is C.C.C[C@H]1CCc2c(N3CCC(O)CC3)c(F)cc3c(=O)c(C(=O)O)cn1c23.NC(N)=NCCC[C@H](N)C(=O)O. The van der Waals surface area contributed by atoms with Crippen LogP contribution in [0.4, 0.5) is 10.1 Å². The molecule has 13 heteroatoms. The minimum Gasteiger partial charge on any atom is -0.480 e. The van der Waals surface area contributed by atoms with Crippen LogP contribution in [0.3, 0.4) is 0 Å². The van der Waals surface area contributed by atoms with Crippen molar-refractivity contribution in [3.8, 4) is 0 Å². The molecule has 0 radical (unpaired) electrons. The third-order valence-electron chi connectivity index (χ3n) is 6.92. The van der Waals surface area contributed by atoms with Gasteiger partial charge in [-0.15, -0.1) is 0 Å². The van der Waals surface area contributed by atoms with Crippen LogP contribution in [0, 0.1) is 5.82 Å². The van der Waals surface area contributed by atoms with Crippen LogP contribution in [-0.2, 0) is 11.2 Å². The summed E-state index contributed by atoms with van der Waals surface area (Å²) in [6, 6.07) is 0.395. The fourth-order valence-corrected chi connectivity index (χ4v) is 4.86. The van der Waals surface area contributed by atoms with Crippen LogP contribution >= 0.6 is 0 Å². The van der Waals surface area contributed by atoms with Crippen molar-refractivity contribution in [2.75, 3.05) is 24.5 Å². The average molecular weight is 567 g/mol. The minimum absolute atomic E-state index is 0. The number of aliphatic hydroxyl groups excluding tert-OH is 1. The summed E-state index contributed by atoms with van der Waals surface area (Å²) in [4.78, 5) is 39.9. The number of nitrogens with zero attached hydrogens (tertiary/aromatic N) is 3. The van der Waals surface area contributed by atoms with E-state index in [-0.39, 0.29) is 43.9 Å². The lowest BCUT2D eigenvalue weighted by molar-refractivity contribution is -0.138. The predicted octanol–water partition coefficient (Wildman–Crippen LogP) is 2.03. The predicted molar refractivity (Wildman–Crippen MR) is 155 cm³/mol. The molecule has 0 bridgehead atoms. The van der Waals surface area contributed by atoms with E-state index in [0.717, 1.165) is 12.0 Å². The van der Waals surface area contributed by atoms with Crippen LogP contribution in [0.15, 0.2) is 22.1 Å². The summed E-state index contributed by atoms with van der Waals surface area (Å²) in [7, 11) is 0. The Morgan fingerprint density at radius 3 is 2.35 bits per heavy atom. The molecular formula is C27H43FN6O6. The molecule has 2 aliphatic heterocycles. The molecule has 1 aromatic carbocycles. The van der Waals surface area contributed by atoms with E-state index >= 15 is 4.39 Å². The molecule has 1 aromatic heterocycles. The van der Waals surface area contributed by atoms with Gasteiger partial charge in [0.25, 0.3) is 0 Å². The van der Waals surface area contributed by atoms with Crippen LogP contribution in [0.5, 0.6) is 0 Å². The van der Waals surface area contributed by atoms with E-state index in [4.69, 9.17) is 22.3 Å². The summed E-state index contributed by atoms with van der Waals surface area (Å²) in [5.74, 6) is -2.78. The van der Waals surface area contributed by atoms with Crippen molar-refractivity contribution in [1.29, 1.82) is 0 Å². The lowest BCUT2D eigenvalue weighted by Crippen LogP contribution is -2.37. The van der Waals surface area contributed by atoms with Crippen molar-refractivity contribution in [3.63, 3.8) is 0 Å². The first kappa shape index (κ1) is 34.3. The molecule has 2 aromatic rings. The standard InChI is InChI=1S/C19H21FN2O4.C6H14N4O2.2CH4/c1-10-2-3-12-16-13(18(24)14(19(25)26)9-22(10)16)8-15(20)17(12)21-6-4-11(23)5-7-21;7-4(5(11)12)2-1-3-10-6(8)9;;/h8-11,23H,2-7H2,1H3,(H,25,26);4H,1-3,7H2,(H,11,12)(H4,8,9,10);2*1H4/t10-;4-;;/m00../s1. The first-order chi connectivity index (χ1) is 17.9. The molecule has 0 aliphatic carbocycles. The van der Waals surface area contributed by atoms with Crippen LogP contribution < -0.4 is 27.5 Å². The highest BCUT2D eigenvalue weighted by Gasteiger charge is 2.30. The number of carboxylic acid groups (broad SMARTS) is 2. The smallest absolute Gasteiger partial charge is 0.341 e. The van der Waals surface area contributed by atoms with Crippen molar-refractivity contribution < 1.29 is 29.3 Å². The summed E-state index contributed by atoms with van der Waals surface area (Å²) >= 11 is 0. The number of hydrogen-bond donors (Lipinski definition) is 6. The Kier molecular flexibility index (Phi) is 12.5. The van der Waals surface area contributed by atoms with Crippen molar-refractivity contribution in [2.45, 2.75) is 78.5 Å². The first-order valence-corrected chi connectivity index (χ1v) is 12.5. The summed E-state index contributed by atoms with van der Waals surface area (Å²) in [5, 5.41) is 27.6. The number of aromatic nitrogens is 1. The molecule has 0 unspecified atom stereocenters. The number of nitrogens with two attached hydrogens (primary N) is 3. The van der Waals surface area contributed by atoms with Gasteiger partial charge in [-0.05, 0) is 51.5 Å². The van der Waals surface area contributed by atoms with Crippen LogP contribution in [0.25, 0.3) is 10.9 Å². The molecule has 0 amide bonds. The van der Waals surface area contributed by atoms with Gasteiger partial charge in [0.2, 0.25) is 5.43 Å². The molecule has 1 saturated heterocycles. The molecule has 0 saturated carbocycles. The molecule has 9 N–H and O–H groups in total. The van der Waals surface area contributed by atoms with Gasteiger partial charge in [-0.3, -0.25) is 14.6 Å². The summed E-state index contributed by atoms with van der Waals surface area (Å²) in [6.07, 6.45) is 4.53. The highest BCUT2D eigenvalue weighted by molar-refractivity contribution is 5.95. The number of aryl methyl sites for hydroxylation is 1. The number of aliphatic imine (C=N–C) groups is 1. The number of carboxylic acids is 2. The lowest BCUT2D eigenvalue weighted by atomic mass is 9.93. The number of hydrogen-bond acceptors (Lipinski definition) is 7. The second-order valence-electron chi connectivity index (χ2n) is 9.67. The summed E-state index contributed by atoms with van der Waals surface area (Å²) in [6.45, 7) is 3.51. The number of anilines is 1. The Bertz CT molecular complexity index is 1280. The van der Waals surface area contributed by atoms with E-state index < -0.39 is 29.2 Å². The number of pyridine rings is 1. The van der Waals surface area contributed by atoms with Crippen LogP contribution in [0.1, 0.15) is 75.8 Å². The molecule has 2 atom stereocenters. The second-order valence-corrected chi connectivity index (χ2v) is 9.67. The maximum atomic E-state index is 15.0. The van der Waals surface area contributed by atoms with Gasteiger partial charge < -0.3 is 42.0 Å². The number of rotatable bonds is 7. The fraction of sp³-hybridized carbons (Fsp3) is 0.556. The van der Waals surface area contributed by atoms with Crippen LogP contribution in [0.2, 0.25) is 0 Å². The van der Waals surface area contributed by atoms with E-state index in [1.165, 1.54) is 12.3 Å². The highest BCUT2D eigenvalue weighted by atomic mass is 19.1. The minimum atomic E-state index is -1.30. The first-order valence-electron chi connectivity index (χ1n) is 12.5. The second kappa shape index (κ2) is 14.6. The molecule has 224 valence electrons. The topological polar surface area (TPSA) is 210 Å². The maximum absolute atomic E-state index is 15.0. The molecule has 1 fully saturated rings. The van der Waals surface area contributed by atoms with Gasteiger partial charge in [0.1, 0.15) is 17.4 Å². The molecule has 40 heavy (non-hydrogen) atoms. The Balaban J connectivity index is 0.000000493.